The molecule has 2 N–H and O–H groups in total. The minimum absolute atomic E-state index is 0.163. The second-order valence-corrected chi connectivity index (χ2v) is 5.03. The summed E-state index contributed by atoms with van der Waals surface area (Å²) in [6, 6.07) is 9.87. The van der Waals surface area contributed by atoms with Crippen LogP contribution in [0.3, 0.4) is 0 Å². The number of hydrogen-bond acceptors (Lipinski definition) is 4. The van der Waals surface area contributed by atoms with Crippen molar-refractivity contribution in [2.45, 2.75) is 0 Å². The van der Waals surface area contributed by atoms with Crippen LogP contribution in [0.5, 0.6) is 11.5 Å². The van der Waals surface area contributed by atoms with E-state index in [1.165, 1.54) is 37.4 Å². The molecule has 0 aliphatic heterocycles. The molecule has 6 nitrogen and oxygen atoms in total. The molecule has 0 heterocycles. The third-order valence-electron chi connectivity index (χ3n) is 2.89. The highest BCUT2D eigenvalue weighted by molar-refractivity contribution is 6.31. The summed E-state index contributed by atoms with van der Waals surface area (Å²) in [5.74, 6) is -1.19. The zero-order valence-corrected chi connectivity index (χ0v) is 13.4. The van der Waals surface area contributed by atoms with Crippen LogP contribution in [0.1, 0.15) is 10.4 Å². The molecule has 126 valence electrons. The zero-order chi connectivity index (χ0) is 17.5. The van der Waals surface area contributed by atoms with Crippen LogP contribution in [0.2, 0.25) is 5.02 Å². The number of halogens is 2. The Morgan fingerprint density at radius 2 is 1.96 bits per heavy atom. The van der Waals surface area contributed by atoms with Crippen LogP contribution >= 0.6 is 11.6 Å². The highest BCUT2D eigenvalue weighted by Crippen LogP contribution is 2.22. The fourth-order valence-corrected chi connectivity index (χ4v) is 1.97. The summed E-state index contributed by atoms with van der Waals surface area (Å²) in [4.78, 5) is 23.7. The van der Waals surface area contributed by atoms with Gasteiger partial charge in [-0.1, -0.05) is 17.7 Å². The Balaban J connectivity index is 1.87. The van der Waals surface area contributed by atoms with E-state index in [4.69, 9.17) is 21.1 Å². The summed E-state index contributed by atoms with van der Waals surface area (Å²) in [6.45, 7) is -0.392. The van der Waals surface area contributed by atoms with Gasteiger partial charge < -0.3 is 9.47 Å². The number of carbonyl (C=O) groups is 2. The predicted octanol–water partition coefficient (Wildman–Crippen LogP) is 2.33. The van der Waals surface area contributed by atoms with E-state index >= 15 is 0 Å². The first-order valence-electron chi connectivity index (χ1n) is 6.80. The molecule has 0 saturated carbocycles. The minimum atomic E-state index is -0.617. The molecule has 0 aliphatic carbocycles. The number of benzene rings is 2. The maximum absolute atomic E-state index is 13.0. The van der Waals surface area contributed by atoms with Crippen molar-refractivity contribution >= 4 is 23.4 Å². The Bertz CT molecular complexity index is 755. The van der Waals surface area contributed by atoms with E-state index in [2.05, 4.69) is 10.9 Å². The summed E-state index contributed by atoms with van der Waals surface area (Å²) < 4.78 is 23.1. The van der Waals surface area contributed by atoms with E-state index in [9.17, 15) is 14.0 Å². The predicted molar refractivity (Wildman–Crippen MR) is 85.5 cm³/mol. The summed E-state index contributed by atoms with van der Waals surface area (Å²) >= 11 is 5.84. The lowest BCUT2D eigenvalue weighted by molar-refractivity contribution is -0.123. The SMILES string of the molecule is COc1ccc(Cl)cc1C(=O)NNC(=O)COc1cccc(F)c1. The molecule has 0 radical (unpaired) electrons. The van der Waals surface area contributed by atoms with Crippen molar-refractivity contribution in [3.8, 4) is 11.5 Å². The van der Waals surface area contributed by atoms with E-state index in [0.717, 1.165) is 6.07 Å². The Labute approximate surface area is 142 Å². The normalized spacial score (nSPS) is 9.96. The van der Waals surface area contributed by atoms with Crippen LogP contribution in [0, 0.1) is 5.82 Å². The topological polar surface area (TPSA) is 76.7 Å². The number of methoxy groups -OCH3 is 1. The van der Waals surface area contributed by atoms with E-state index in [-0.39, 0.29) is 11.3 Å². The van der Waals surface area contributed by atoms with E-state index in [1.807, 2.05) is 0 Å². The summed E-state index contributed by atoms with van der Waals surface area (Å²) in [7, 11) is 1.41. The highest BCUT2D eigenvalue weighted by Gasteiger charge is 2.14. The second kappa shape index (κ2) is 8.16. The first-order valence-corrected chi connectivity index (χ1v) is 7.18. The van der Waals surface area contributed by atoms with Gasteiger partial charge in [-0.05, 0) is 30.3 Å². The molecule has 0 saturated heterocycles. The number of amides is 2. The van der Waals surface area contributed by atoms with Crippen LogP contribution in [-0.2, 0) is 4.79 Å². The monoisotopic (exact) mass is 352 g/mol. The largest absolute Gasteiger partial charge is 0.496 e. The standard InChI is InChI=1S/C16H14ClFN2O4/c1-23-14-6-5-10(17)7-13(14)16(22)20-19-15(21)9-24-12-4-2-3-11(18)8-12/h2-8H,9H2,1H3,(H,19,21)(H,20,22). The number of carbonyl (C=O) groups excluding carboxylic acids is 2. The maximum atomic E-state index is 13.0. The van der Waals surface area contributed by atoms with E-state index in [1.54, 1.807) is 6.07 Å². The summed E-state index contributed by atoms with van der Waals surface area (Å²) in [5, 5.41) is 0.349. The quantitative estimate of drug-likeness (QED) is 0.810. The molecule has 0 aliphatic rings. The molecule has 0 bridgehead atoms. The second-order valence-electron chi connectivity index (χ2n) is 4.59. The van der Waals surface area contributed by atoms with Crippen LogP contribution < -0.4 is 20.3 Å². The van der Waals surface area contributed by atoms with Crippen molar-refractivity contribution in [3.63, 3.8) is 0 Å². The number of hydrogen-bond donors (Lipinski definition) is 2. The van der Waals surface area contributed by atoms with Gasteiger partial charge in [0.1, 0.15) is 17.3 Å². The number of nitrogens with one attached hydrogen (secondary N) is 2. The van der Waals surface area contributed by atoms with Crippen molar-refractivity contribution in [2.24, 2.45) is 0 Å². The molecule has 2 rings (SSSR count). The fraction of sp³-hybridized carbons (Fsp3) is 0.125. The van der Waals surface area contributed by atoms with Gasteiger partial charge in [0.2, 0.25) is 0 Å². The lowest BCUT2D eigenvalue weighted by Gasteiger charge is -2.11. The molecule has 2 aromatic rings. The molecule has 2 aromatic carbocycles. The lowest BCUT2D eigenvalue weighted by atomic mass is 10.2. The van der Waals surface area contributed by atoms with Gasteiger partial charge in [0.15, 0.2) is 6.61 Å². The molecule has 0 spiro atoms. The van der Waals surface area contributed by atoms with Gasteiger partial charge in [0.05, 0.1) is 12.7 Å². The maximum Gasteiger partial charge on any atom is 0.276 e. The van der Waals surface area contributed by atoms with Gasteiger partial charge >= 0.3 is 0 Å². The molecular weight excluding hydrogens is 339 g/mol. The van der Waals surface area contributed by atoms with Gasteiger partial charge in [-0.15, -0.1) is 0 Å². The van der Waals surface area contributed by atoms with Crippen LogP contribution in [0.25, 0.3) is 0 Å². The average Bonchev–Trinajstić information content (AvgIpc) is 2.58. The average molecular weight is 353 g/mol. The first kappa shape index (κ1) is 17.6. The van der Waals surface area contributed by atoms with Crippen LogP contribution in [-0.4, -0.2) is 25.5 Å². The summed E-state index contributed by atoms with van der Waals surface area (Å²) in [6.07, 6.45) is 0. The minimum Gasteiger partial charge on any atom is -0.496 e. The summed E-state index contributed by atoms with van der Waals surface area (Å²) in [5.41, 5.74) is 4.56. The molecule has 2 amide bonds. The Kier molecular flexibility index (Phi) is 5.97. The lowest BCUT2D eigenvalue weighted by Crippen LogP contribution is -2.43. The van der Waals surface area contributed by atoms with Crippen LogP contribution in [0.15, 0.2) is 42.5 Å². The van der Waals surface area contributed by atoms with Gasteiger partial charge in [0, 0.05) is 11.1 Å². The highest BCUT2D eigenvalue weighted by atomic mass is 35.5. The molecule has 8 heteroatoms. The van der Waals surface area contributed by atoms with E-state index < -0.39 is 24.2 Å². The molecular formula is C16H14ClFN2O4. The van der Waals surface area contributed by atoms with Gasteiger partial charge in [-0.3, -0.25) is 20.4 Å². The molecule has 24 heavy (non-hydrogen) atoms. The molecule has 0 atom stereocenters. The Hall–Kier alpha value is -2.80. The first-order chi connectivity index (χ1) is 11.5. The van der Waals surface area contributed by atoms with E-state index in [0.29, 0.717) is 10.8 Å². The fourth-order valence-electron chi connectivity index (χ4n) is 1.79. The zero-order valence-electron chi connectivity index (χ0n) is 12.6. The van der Waals surface area contributed by atoms with Crippen molar-refractivity contribution in [3.05, 3.63) is 58.9 Å². The third-order valence-corrected chi connectivity index (χ3v) is 3.12. The third kappa shape index (κ3) is 4.85. The molecule has 0 unspecified atom stereocenters. The number of hydrazine groups is 1. The van der Waals surface area contributed by atoms with Crippen molar-refractivity contribution in [1.29, 1.82) is 0 Å². The van der Waals surface area contributed by atoms with Gasteiger partial charge in [-0.25, -0.2) is 4.39 Å². The van der Waals surface area contributed by atoms with Crippen molar-refractivity contribution in [2.75, 3.05) is 13.7 Å². The smallest absolute Gasteiger partial charge is 0.276 e. The van der Waals surface area contributed by atoms with Crippen molar-refractivity contribution < 1.29 is 23.5 Å². The van der Waals surface area contributed by atoms with Crippen molar-refractivity contribution in [1.82, 2.24) is 10.9 Å². The van der Waals surface area contributed by atoms with Crippen LogP contribution in [0.4, 0.5) is 4.39 Å². The van der Waals surface area contributed by atoms with Gasteiger partial charge in [-0.2, -0.15) is 0 Å². The molecule has 0 aromatic heterocycles. The Morgan fingerprint density at radius 1 is 1.17 bits per heavy atom. The number of rotatable bonds is 5. The number of ether oxygens (including phenoxy) is 2. The Morgan fingerprint density at radius 3 is 2.67 bits per heavy atom. The van der Waals surface area contributed by atoms with Gasteiger partial charge in [0.25, 0.3) is 11.8 Å². The molecule has 0 fully saturated rings.